The molecule has 0 aliphatic carbocycles. The van der Waals surface area contributed by atoms with E-state index in [1.165, 1.54) is 6.33 Å². The summed E-state index contributed by atoms with van der Waals surface area (Å²) in [6.07, 6.45) is 13.5. The zero-order valence-electron chi connectivity index (χ0n) is 9.22. The van der Waals surface area contributed by atoms with Crippen LogP contribution in [0.4, 0.5) is 0 Å². The molecule has 3 aromatic heterocycles. The highest BCUT2D eigenvalue weighted by molar-refractivity contribution is 4.88. The van der Waals surface area contributed by atoms with Crippen molar-refractivity contribution in [2.24, 2.45) is 0 Å². The van der Waals surface area contributed by atoms with Crippen LogP contribution in [0.5, 0.6) is 0 Å². The molecule has 0 bridgehead atoms. The number of aromatic nitrogens is 5. The zero-order chi connectivity index (χ0) is 12.0. The van der Waals surface area contributed by atoms with Crippen molar-refractivity contribution in [3.63, 3.8) is 0 Å². The first-order valence-electron chi connectivity index (χ1n) is 4.98. The number of nitrogens with one attached hydrogen (secondary N) is 1. The average molecular weight is 227 g/mol. The molecule has 3 heterocycles. The molecular formula is C12H13N5. The molecule has 17 heavy (non-hydrogen) atoms. The van der Waals surface area contributed by atoms with E-state index in [4.69, 9.17) is 0 Å². The van der Waals surface area contributed by atoms with Crippen molar-refractivity contribution in [1.82, 2.24) is 24.9 Å². The number of imidazole rings is 1. The van der Waals surface area contributed by atoms with E-state index >= 15 is 0 Å². The lowest BCUT2D eigenvalue weighted by molar-refractivity contribution is 1.17. The number of rotatable bonds is 0. The Morgan fingerprint density at radius 1 is 0.588 bits per heavy atom. The maximum Gasteiger partial charge on any atom is 0.115 e. The Hall–Kier alpha value is -2.56. The molecule has 0 aliphatic rings. The minimum atomic E-state index is 1.50. The molecule has 0 atom stereocenters. The molecule has 0 saturated carbocycles. The third-order valence-corrected chi connectivity index (χ3v) is 1.45. The normalized spacial score (nSPS) is 8.00. The van der Waals surface area contributed by atoms with Crippen LogP contribution in [-0.2, 0) is 0 Å². The molecule has 5 nitrogen and oxygen atoms in total. The Balaban J connectivity index is 0.000000128. The molecule has 3 rings (SSSR count). The Morgan fingerprint density at radius 3 is 1.47 bits per heavy atom. The van der Waals surface area contributed by atoms with E-state index in [1.54, 1.807) is 49.6 Å². The number of hydrogen-bond donors (Lipinski definition) is 1. The highest BCUT2D eigenvalue weighted by atomic mass is 14.8. The van der Waals surface area contributed by atoms with Crippen LogP contribution in [0.1, 0.15) is 0 Å². The van der Waals surface area contributed by atoms with E-state index in [2.05, 4.69) is 24.9 Å². The maximum absolute atomic E-state index is 3.78. The van der Waals surface area contributed by atoms with Gasteiger partial charge in [0.1, 0.15) is 6.33 Å². The third-order valence-electron chi connectivity index (χ3n) is 1.45. The smallest absolute Gasteiger partial charge is 0.115 e. The third kappa shape index (κ3) is 8.44. The van der Waals surface area contributed by atoms with Gasteiger partial charge in [-0.15, -0.1) is 0 Å². The fourth-order valence-corrected chi connectivity index (χ4v) is 0.781. The molecule has 1 N–H and O–H groups in total. The van der Waals surface area contributed by atoms with Gasteiger partial charge in [-0.3, -0.25) is 4.98 Å². The molecule has 86 valence electrons. The van der Waals surface area contributed by atoms with Gasteiger partial charge in [-0.1, -0.05) is 6.07 Å². The molecule has 0 saturated heterocycles. The van der Waals surface area contributed by atoms with Crippen LogP contribution in [0.25, 0.3) is 0 Å². The number of nitrogens with zero attached hydrogens (tertiary/aromatic N) is 4. The monoisotopic (exact) mass is 227 g/mol. The zero-order valence-corrected chi connectivity index (χ0v) is 9.22. The van der Waals surface area contributed by atoms with Gasteiger partial charge >= 0.3 is 0 Å². The predicted octanol–water partition coefficient (Wildman–Crippen LogP) is 1.97. The lowest BCUT2D eigenvalue weighted by Crippen LogP contribution is -1.66. The van der Waals surface area contributed by atoms with Gasteiger partial charge in [0, 0.05) is 37.2 Å². The van der Waals surface area contributed by atoms with Crippen LogP contribution in [0.15, 0.2) is 74.1 Å². The van der Waals surface area contributed by atoms with E-state index in [9.17, 15) is 0 Å². The van der Waals surface area contributed by atoms with Crippen molar-refractivity contribution < 1.29 is 0 Å². The summed E-state index contributed by atoms with van der Waals surface area (Å²) in [5, 5.41) is 0. The molecule has 0 amide bonds. The van der Waals surface area contributed by atoms with E-state index < -0.39 is 0 Å². The summed E-state index contributed by atoms with van der Waals surface area (Å²) in [7, 11) is 0. The summed E-state index contributed by atoms with van der Waals surface area (Å²) in [6.45, 7) is 0. The molecule has 5 heteroatoms. The van der Waals surface area contributed by atoms with Crippen molar-refractivity contribution in [3.05, 3.63) is 74.1 Å². The van der Waals surface area contributed by atoms with Gasteiger partial charge in [0.25, 0.3) is 0 Å². The van der Waals surface area contributed by atoms with Crippen LogP contribution in [-0.4, -0.2) is 24.9 Å². The van der Waals surface area contributed by atoms with Crippen LogP contribution >= 0.6 is 0 Å². The molecule has 0 unspecified atom stereocenters. The Labute approximate surface area is 99.6 Å². The lowest BCUT2D eigenvalue weighted by Gasteiger charge is -1.70. The fraction of sp³-hybridized carbons (Fsp3) is 0. The number of hydrogen-bond acceptors (Lipinski definition) is 4. The second-order valence-electron chi connectivity index (χ2n) is 2.69. The Bertz CT molecular complexity index is 325. The predicted molar refractivity (Wildman–Crippen MR) is 64.9 cm³/mol. The number of pyridine rings is 1. The number of H-pyrrole nitrogens is 1. The standard InChI is InChI=1S/C5H5N.C4H4N2.C3H4N2/c1-2-4-6-5-3-1;1-2-5-4-6-3-1;1-2-5-3-4-1/h1-5H;1-4H;1-3H,(H,4,5). The summed E-state index contributed by atoms with van der Waals surface area (Å²) >= 11 is 0. The van der Waals surface area contributed by atoms with Crippen molar-refractivity contribution in [3.8, 4) is 0 Å². The highest BCUT2D eigenvalue weighted by Gasteiger charge is 1.59. The van der Waals surface area contributed by atoms with Gasteiger partial charge < -0.3 is 4.98 Å². The van der Waals surface area contributed by atoms with Gasteiger partial charge in [-0.2, -0.15) is 0 Å². The Kier molecular flexibility index (Phi) is 7.34. The molecule has 0 spiro atoms. The highest BCUT2D eigenvalue weighted by Crippen LogP contribution is 1.73. The van der Waals surface area contributed by atoms with Crippen LogP contribution in [0, 0.1) is 0 Å². The second kappa shape index (κ2) is 9.97. The lowest BCUT2D eigenvalue weighted by atomic mass is 10.5. The van der Waals surface area contributed by atoms with E-state index in [1.807, 2.05) is 18.2 Å². The molecule has 0 radical (unpaired) electrons. The first-order valence-corrected chi connectivity index (χ1v) is 4.98. The van der Waals surface area contributed by atoms with Gasteiger partial charge in [-0.25, -0.2) is 15.0 Å². The molecule has 3 aromatic rings. The molecule has 0 fully saturated rings. The van der Waals surface area contributed by atoms with Crippen LogP contribution in [0.2, 0.25) is 0 Å². The van der Waals surface area contributed by atoms with Crippen LogP contribution < -0.4 is 0 Å². The van der Waals surface area contributed by atoms with Gasteiger partial charge in [0.05, 0.1) is 6.33 Å². The fourth-order valence-electron chi connectivity index (χ4n) is 0.781. The maximum atomic E-state index is 3.78. The molecule has 0 aliphatic heterocycles. The topological polar surface area (TPSA) is 67.3 Å². The summed E-state index contributed by atoms with van der Waals surface area (Å²) in [4.78, 5) is 17.5. The van der Waals surface area contributed by atoms with E-state index in [0.717, 1.165) is 0 Å². The van der Waals surface area contributed by atoms with Gasteiger partial charge in [-0.05, 0) is 18.2 Å². The van der Waals surface area contributed by atoms with Crippen molar-refractivity contribution in [2.45, 2.75) is 0 Å². The summed E-state index contributed by atoms with van der Waals surface area (Å²) in [6, 6.07) is 7.49. The largest absolute Gasteiger partial charge is 0.351 e. The SMILES string of the molecule is c1c[nH]cn1.c1ccncc1.c1cncnc1. The van der Waals surface area contributed by atoms with Crippen molar-refractivity contribution in [2.75, 3.05) is 0 Å². The summed E-state index contributed by atoms with van der Waals surface area (Å²) in [5.74, 6) is 0. The number of aromatic amines is 1. The quantitative estimate of drug-likeness (QED) is 0.637. The van der Waals surface area contributed by atoms with E-state index in [0.29, 0.717) is 0 Å². The minimum absolute atomic E-state index is 1.50. The van der Waals surface area contributed by atoms with Gasteiger partial charge in [0.15, 0.2) is 0 Å². The summed E-state index contributed by atoms with van der Waals surface area (Å²) < 4.78 is 0. The van der Waals surface area contributed by atoms with Crippen LogP contribution in [0.3, 0.4) is 0 Å². The molecular weight excluding hydrogens is 214 g/mol. The first-order chi connectivity index (χ1) is 8.50. The molecule has 0 aromatic carbocycles. The second-order valence-corrected chi connectivity index (χ2v) is 2.69. The Morgan fingerprint density at radius 2 is 1.29 bits per heavy atom. The first kappa shape index (κ1) is 12.5. The summed E-state index contributed by atoms with van der Waals surface area (Å²) in [5.41, 5.74) is 0. The average Bonchev–Trinajstić information content (AvgIpc) is 3.03. The van der Waals surface area contributed by atoms with Crippen molar-refractivity contribution >= 4 is 0 Å². The van der Waals surface area contributed by atoms with Crippen molar-refractivity contribution in [1.29, 1.82) is 0 Å². The van der Waals surface area contributed by atoms with Gasteiger partial charge in [0.2, 0.25) is 0 Å². The minimum Gasteiger partial charge on any atom is -0.351 e. The van der Waals surface area contributed by atoms with E-state index in [-0.39, 0.29) is 0 Å².